The number of piperidine rings is 1. The molecule has 1 aromatic heterocycles. The lowest BCUT2D eigenvalue weighted by Crippen LogP contribution is -2.37. The van der Waals surface area contributed by atoms with Crippen LogP contribution in [0.2, 0.25) is 0 Å². The van der Waals surface area contributed by atoms with Gasteiger partial charge in [0.2, 0.25) is 5.91 Å². The van der Waals surface area contributed by atoms with Gasteiger partial charge in [0, 0.05) is 42.0 Å². The summed E-state index contributed by atoms with van der Waals surface area (Å²) in [6, 6.07) is 11.1. The normalized spacial score (nSPS) is 20.2. The highest BCUT2D eigenvalue weighted by Crippen LogP contribution is 2.26. The highest BCUT2D eigenvalue weighted by Gasteiger charge is 2.25. The van der Waals surface area contributed by atoms with E-state index in [9.17, 15) is 4.79 Å². The Kier molecular flexibility index (Phi) is 7.90. The molecule has 0 bridgehead atoms. The van der Waals surface area contributed by atoms with Crippen molar-refractivity contribution in [3.05, 3.63) is 58.7 Å². The number of aromatic nitrogens is 2. The summed E-state index contributed by atoms with van der Waals surface area (Å²) < 4.78 is 0. The lowest BCUT2D eigenvalue weighted by Gasteiger charge is -2.32. The number of likely N-dealkylation sites (tertiary alicyclic amines) is 1. The highest BCUT2D eigenvalue weighted by atomic mass is 16.1. The summed E-state index contributed by atoms with van der Waals surface area (Å²) in [5, 5.41) is 3.23. The monoisotopic (exact) mass is 434 g/mol. The SMILES string of the molecule is Cc1nc([C@H]2CCCN(CCc3ccccc3)C2)nc(C)c1CC(=O)NC1CCCCC1. The van der Waals surface area contributed by atoms with Gasteiger partial charge in [0.25, 0.3) is 0 Å². The molecule has 2 aliphatic rings. The molecule has 4 rings (SSSR count). The first kappa shape index (κ1) is 22.9. The second-order valence-electron chi connectivity index (χ2n) is 9.69. The number of hydrogen-bond acceptors (Lipinski definition) is 4. The Morgan fingerprint density at radius 1 is 1.00 bits per heavy atom. The number of nitrogens with one attached hydrogen (secondary N) is 1. The van der Waals surface area contributed by atoms with Crippen molar-refractivity contribution in [2.24, 2.45) is 0 Å². The van der Waals surface area contributed by atoms with Crippen LogP contribution in [0.1, 0.15) is 79.2 Å². The van der Waals surface area contributed by atoms with E-state index in [2.05, 4.69) is 40.5 Å². The third-order valence-electron chi connectivity index (χ3n) is 7.18. The zero-order chi connectivity index (χ0) is 22.3. The Balaban J connectivity index is 1.35. The number of rotatable bonds is 7. The van der Waals surface area contributed by atoms with Gasteiger partial charge in [-0.15, -0.1) is 0 Å². The van der Waals surface area contributed by atoms with Crippen LogP contribution in [0.5, 0.6) is 0 Å². The topological polar surface area (TPSA) is 58.1 Å². The fraction of sp³-hybridized carbons (Fsp3) is 0.593. The van der Waals surface area contributed by atoms with Gasteiger partial charge in [0.15, 0.2) is 0 Å². The van der Waals surface area contributed by atoms with Gasteiger partial charge in [-0.05, 0) is 58.1 Å². The molecule has 0 unspecified atom stereocenters. The average Bonchev–Trinajstić information content (AvgIpc) is 2.81. The molecule has 1 atom stereocenters. The first-order valence-electron chi connectivity index (χ1n) is 12.5. The summed E-state index contributed by atoms with van der Waals surface area (Å²) in [5.41, 5.74) is 4.33. The molecule has 0 spiro atoms. The minimum absolute atomic E-state index is 0.115. The molecule has 2 fully saturated rings. The second kappa shape index (κ2) is 11.0. The first-order valence-corrected chi connectivity index (χ1v) is 12.5. The van der Waals surface area contributed by atoms with Crippen LogP contribution in [0, 0.1) is 13.8 Å². The first-order chi connectivity index (χ1) is 15.6. The summed E-state index contributed by atoms with van der Waals surface area (Å²) in [6.45, 7) is 7.33. The van der Waals surface area contributed by atoms with Gasteiger partial charge in [0.1, 0.15) is 5.82 Å². The molecule has 0 radical (unpaired) electrons. The van der Waals surface area contributed by atoms with Crippen molar-refractivity contribution in [1.29, 1.82) is 0 Å². The molecule has 1 aliphatic carbocycles. The van der Waals surface area contributed by atoms with Crippen LogP contribution in [0.15, 0.2) is 30.3 Å². The lowest BCUT2D eigenvalue weighted by molar-refractivity contribution is -0.121. The number of hydrogen-bond donors (Lipinski definition) is 1. The quantitative estimate of drug-likeness (QED) is 0.697. The molecule has 1 N–H and O–H groups in total. The van der Waals surface area contributed by atoms with Crippen LogP contribution in [-0.2, 0) is 17.6 Å². The van der Waals surface area contributed by atoms with Crippen LogP contribution in [0.25, 0.3) is 0 Å². The van der Waals surface area contributed by atoms with E-state index in [4.69, 9.17) is 9.97 Å². The molecular weight excluding hydrogens is 396 g/mol. The van der Waals surface area contributed by atoms with E-state index >= 15 is 0 Å². The van der Waals surface area contributed by atoms with E-state index in [1.54, 1.807) is 0 Å². The molecule has 1 saturated carbocycles. The van der Waals surface area contributed by atoms with E-state index in [0.29, 0.717) is 18.4 Å². The number of benzene rings is 1. The molecule has 1 amide bonds. The van der Waals surface area contributed by atoms with Crippen molar-refractivity contribution in [1.82, 2.24) is 20.2 Å². The molecule has 32 heavy (non-hydrogen) atoms. The van der Waals surface area contributed by atoms with E-state index in [1.807, 2.05) is 13.8 Å². The van der Waals surface area contributed by atoms with Gasteiger partial charge >= 0.3 is 0 Å². The van der Waals surface area contributed by atoms with Crippen molar-refractivity contribution >= 4 is 5.91 Å². The summed E-state index contributed by atoms with van der Waals surface area (Å²) in [4.78, 5) is 25.0. The molecule has 2 heterocycles. The average molecular weight is 435 g/mol. The standard InChI is InChI=1S/C27H38N4O/c1-20-25(18-26(32)30-24-13-7-4-8-14-24)21(2)29-27(28-20)23-12-9-16-31(19-23)17-15-22-10-5-3-6-11-22/h3,5-6,10-11,23-24H,4,7-9,12-19H2,1-2H3,(H,30,32)/t23-/m0/s1. The number of nitrogens with zero attached hydrogens (tertiary/aromatic N) is 3. The molecule has 1 aliphatic heterocycles. The van der Waals surface area contributed by atoms with Crippen LogP contribution >= 0.6 is 0 Å². The molecular formula is C27H38N4O. The zero-order valence-electron chi connectivity index (χ0n) is 19.8. The predicted molar refractivity (Wildman–Crippen MR) is 129 cm³/mol. The van der Waals surface area contributed by atoms with Gasteiger partial charge in [-0.25, -0.2) is 9.97 Å². The van der Waals surface area contributed by atoms with E-state index < -0.39 is 0 Å². The Bertz CT molecular complexity index is 869. The third kappa shape index (κ3) is 6.16. The smallest absolute Gasteiger partial charge is 0.224 e. The molecule has 5 heteroatoms. The summed E-state index contributed by atoms with van der Waals surface area (Å²) in [5.74, 6) is 1.45. The minimum atomic E-state index is 0.115. The van der Waals surface area contributed by atoms with Gasteiger partial charge < -0.3 is 10.2 Å². The Hall–Kier alpha value is -2.27. The minimum Gasteiger partial charge on any atom is -0.353 e. The van der Waals surface area contributed by atoms with Gasteiger partial charge in [-0.1, -0.05) is 49.6 Å². The maximum Gasteiger partial charge on any atom is 0.224 e. The van der Waals surface area contributed by atoms with Crippen LogP contribution in [0.3, 0.4) is 0 Å². The fourth-order valence-corrected chi connectivity index (χ4v) is 5.29. The lowest BCUT2D eigenvalue weighted by atomic mass is 9.95. The van der Waals surface area contributed by atoms with E-state index in [1.165, 1.54) is 31.2 Å². The number of aryl methyl sites for hydroxylation is 2. The van der Waals surface area contributed by atoms with Gasteiger partial charge in [-0.2, -0.15) is 0 Å². The maximum absolute atomic E-state index is 12.6. The number of carbonyl (C=O) groups is 1. The second-order valence-corrected chi connectivity index (χ2v) is 9.69. The third-order valence-corrected chi connectivity index (χ3v) is 7.18. The number of carbonyl (C=O) groups excluding carboxylic acids is 1. The van der Waals surface area contributed by atoms with Gasteiger partial charge in [-0.3, -0.25) is 4.79 Å². The summed E-state index contributed by atoms with van der Waals surface area (Å²) in [7, 11) is 0. The summed E-state index contributed by atoms with van der Waals surface area (Å²) >= 11 is 0. The van der Waals surface area contributed by atoms with Crippen molar-refractivity contribution < 1.29 is 4.79 Å². The van der Waals surface area contributed by atoms with E-state index in [-0.39, 0.29) is 5.91 Å². The molecule has 1 aromatic carbocycles. The van der Waals surface area contributed by atoms with Crippen molar-refractivity contribution in [2.45, 2.75) is 83.6 Å². The van der Waals surface area contributed by atoms with Gasteiger partial charge in [0.05, 0.1) is 6.42 Å². The fourth-order valence-electron chi connectivity index (χ4n) is 5.29. The van der Waals surface area contributed by atoms with Crippen LogP contribution in [0.4, 0.5) is 0 Å². The maximum atomic E-state index is 12.6. The van der Waals surface area contributed by atoms with E-state index in [0.717, 1.165) is 68.1 Å². The molecule has 172 valence electrons. The van der Waals surface area contributed by atoms with Crippen molar-refractivity contribution in [3.63, 3.8) is 0 Å². The Labute approximate surface area is 193 Å². The zero-order valence-corrected chi connectivity index (χ0v) is 19.8. The Morgan fingerprint density at radius 3 is 2.44 bits per heavy atom. The number of amides is 1. The van der Waals surface area contributed by atoms with Crippen molar-refractivity contribution in [2.75, 3.05) is 19.6 Å². The highest BCUT2D eigenvalue weighted by molar-refractivity contribution is 5.79. The molecule has 1 saturated heterocycles. The van der Waals surface area contributed by atoms with Crippen LogP contribution < -0.4 is 5.32 Å². The Morgan fingerprint density at radius 2 is 1.72 bits per heavy atom. The molecule has 2 aromatic rings. The summed E-state index contributed by atoms with van der Waals surface area (Å²) in [6.07, 6.45) is 9.78. The predicted octanol–water partition coefficient (Wildman–Crippen LogP) is 4.51. The largest absolute Gasteiger partial charge is 0.353 e. The molecule has 5 nitrogen and oxygen atoms in total. The van der Waals surface area contributed by atoms with Crippen molar-refractivity contribution in [3.8, 4) is 0 Å². The van der Waals surface area contributed by atoms with Crippen LogP contribution in [-0.4, -0.2) is 46.5 Å².